The highest BCUT2D eigenvalue weighted by Gasteiger charge is 2.09. The van der Waals surface area contributed by atoms with Crippen LogP contribution in [0.4, 0.5) is 0 Å². The van der Waals surface area contributed by atoms with Crippen LogP contribution in [0.25, 0.3) is 38.2 Å². The maximum atomic E-state index is 4.90. The lowest BCUT2D eigenvalue weighted by Gasteiger charge is -2.05. The summed E-state index contributed by atoms with van der Waals surface area (Å²) in [6.07, 6.45) is 1.90. The average molecular weight is 301 g/mol. The number of para-hydroxylation sites is 1. The minimum Gasteiger partial charge on any atom is -0.278 e. The van der Waals surface area contributed by atoms with Gasteiger partial charge >= 0.3 is 0 Å². The van der Waals surface area contributed by atoms with Crippen LogP contribution in [0.5, 0.6) is 0 Å². The van der Waals surface area contributed by atoms with Crippen LogP contribution in [-0.4, -0.2) is 14.4 Å². The SMILES string of the molecule is c1csc(-c2ccc3cnc4cc5ccccc5n4c3n2)c1. The van der Waals surface area contributed by atoms with Crippen LogP contribution in [0.1, 0.15) is 0 Å². The molecule has 4 heterocycles. The lowest BCUT2D eigenvalue weighted by molar-refractivity contribution is 1.18. The van der Waals surface area contributed by atoms with E-state index in [9.17, 15) is 0 Å². The molecule has 0 radical (unpaired) electrons. The molecule has 0 saturated carbocycles. The van der Waals surface area contributed by atoms with Crippen molar-refractivity contribution in [1.82, 2.24) is 14.4 Å². The fraction of sp³-hybridized carbons (Fsp3) is 0. The van der Waals surface area contributed by atoms with Gasteiger partial charge < -0.3 is 0 Å². The van der Waals surface area contributed by atoms with Gasteiger partial charge in [-0.25, -0.2) is 9.97 Å². The highest BCUT2D eigenvalue weighted by molar-refractivity contribution is 7.13. The summed E-state index contributed by atoms with van der Waals surface area (Å²) in [7, 11) is 0. The molecule has 0 aliphatic heterocycles. The zero-order valence-corrected chi connectivity index (χ0v) is 12.4. The molecule has 4 heteroatoms. The third kappa shape index (κ3) is 1.61. The number of thiophene rings is 1. The Morgan fingerprint density at radius 2 is 1.86 bits per heavy atom. The number of rotatable bonds is 1. The molecule has 3 nitrogen and oxygen atoms in total. The molecular weight excluding hydrogens is 290 g/mol. The van der Waals surface area contributed by atoms with Crippen LogP contribution in [0, 0.1) is 0 Å². The molecule has 0 aliphatic carbocycles. The van der Waals surface area contributed by atoms with E-state index in [4.69, 9.17) is 4.98 Å². The molecule has 5 rings (SSSR count). The predicted octanol–water partition coefficient (Wildman–Crippen LogP) is 4.76. The Hall–Kier alpha value is -2.72. The summed E-state index contributed by atoms with van der Waals surface area (Å²) < 4.78 is 2.14. The Morgan fingerprint density at radius 1 is 0.909 bits per heavy atom. The zero-order valence-electron chi connectivity index (χ0n) is 11.6. The smallest absolute Gasteiger partial charge is 0.148 e. The number of hydrogen-bond donors (Lipinski definition) is 0. The highest BCUT2D eigenvalue weighted by atomic mass is 32.1. The molecule has 4 aromatic heterocycles. The molecule has 5 aromatic rings. The quantitative estimate of drug-likeness (QED) is 0.446. The summed E-state index contributed by atoms with van der Waals surface area (Å²) in [6.45, 7) is 0. The molecule has 0 N–H and O–H groups in total. The Morgan fingerprint density at radius 3 is 2.77 bits per heavy atom. The van der Waals surface area contributed by atoms with E-state index in [1.807, 2.05) is 6.20 Å². The maximum Gasteiger partial charge on any atom is 0.148 e. The standard InChI is InChI=1S/C18H11N3S/c1-2-5-15-12(4-1)10-17-19-11-13-7-8-14(16-6-3-9-22-16)20-18(13)21(15)17/h1-11H. The Labute approximate surface area is 130 Å². The molecule has 0 amide bonds. The Balaban J connectivity index is 1.95. The van der Waals surface area contributed by atoms with Crippen molar-refractivity contribution in [2.24, 2.45) is 0 Å². The summed E-state index contributed by atoms with van der Waals surface area (Å²) in [5.41, 5.74) is 4.04. The minimum absolute atomic E-state index is 0.935. The number of hydrogen-bond acceptors (Lipinski definition) is 3. The minimum atomic E-state index is 0.935. The van der Waals surface area contributed by atoms with Gasteiger partial charge in [0, 0.05) is 17.0 Å². The largest absolute Gasteiger partial charge is 0.278 e. The van der Waals surface area contributed by atoms with Crippen molar-refractivity contribution >= 4 is 38.9 Å². The first-order valence-corrected chi connectivity index (χ1v) is 7.98. The fourth-order valence-electron chi connectivity index (χ4n) is 2.89. The van der Waals surface area contributed by atoms with Crippen molar-refractivity contribution in [1.29, 1.82) is 0 Å². The number of benzene rings is 1. The molecule has 0 aliphatic rings. The van der Waals surface area contributed by atoms with Crippen LogP contribution in [0.3, 0.4) is 0 Å². The molecular formula is C18H11N3S. The Bertz CT molecular complexity index is 1120. The summed E-state index contributed by atoms with van der Waals surface area (Å²) in [5.74, 6) is 0. The lowest BCUT2D eigenvalue weighted by Crippen LogP contribution is -1.94. The zero-order chi connectivity index (χ0) is 14.5. The van der Waals surface area contributed by atoms with Crippen molar-refractivity contribution in [2.45, 2.75) is 0 Å². The molecule has 0 spiro atoms. The van der Waals surface area contributed by atoms with Gasteiger partial charge in [-0.3, -0.25) is 4.40 Å². The number of aromatic nitrogens is 3. The highest BCUT2D eigenvalue weighted by Crippen LogP contribution is 2.27. The topological polar surface area (TPSA) is 30.2 Å². The first-order valence-electron chi connectivity index (χ1n) is 7.10. The van der Waals surface area contributed by atoms with Crippen molar-refractivity contribution < 1.29 is 0 Å². The fourth-order valence-corrected chi connectivity index (χ4v) is 3.59. The summed E-state index contributed by atoms with van der Waals surface area (Å²) in [5, 5.41) is 4.31. The molecule has 0 unspecified atom stereocenters. The summed E-state index contributed by atoms with van der Waals surface area (Å²) in [6, 6.07) is 18.7. The molecule has 0 bridgehead atoms. The molecule has 0 fully saturated rings. The van der Waals surface area contributed by atoms with Crippen LogP contribution < -0.4 is 0 Å². The monoisotopic (exact) mass is 301 g/mol. The van der Waals surface area contributed by atoms with Gasteiger partial charge in [-0.2, -0.15) is 0 Å². The molecule has 0 saturated heterocycles. The van der Waals surface area contributed by atoms with E-state index in [2.05, 4.69) is 69.4 Å². The number of nitrogens with zero attached hydrogens (tertiary/aromatic N) is 3. The van der Waals surface area contributed by atoms with E-state index in [0.29, 0.717) is 0 Å². The van der Waals surface area contributed by atoms with E-state index in [1.165, 1.54) is 10.3 Å². The van der Waals surface area contributed by atoms with Gasteiger partial charge in [-0.15, -0.1) is 11.3 Å². The van der Waals surface area contributed by atoms with Gasteiger partial charge in [0.2, 0.25) is 0 Å². The second kappa shape index (κ2) is 4.39. The van der Waals surface area contributed by atoms with Crippen LogP contribution in [0.15, 0.2) is 66.2 Å². The molecule has 1 aromatic carbocycles. The van der Waals surface area contributed by atoms with E-state index in [0.717, 1.165) is 27.9 Å². The molecule has 22 heavy (non-hydrogen) atoms. The second-order valence-corrected chi connectivity index (χ2v) is 6.19. The number of pyridine rings is 1. The van der Waals surface area contributed by atoms with Crippen LogP contribution in [0.2, 0.25) is 0 Å². The normalized spacial score (nSPS) is 11.6. The third-order valence-electron chi connectivity index (χ3n) is 3.92. The molecule has 0 atom stereocenters. The van der Waals surface area contributed by atoms with Gasteiger partial charge in [-0.05, 0) is 35.7 Å². The van der Waals surface area contributed by atoms with Gasteiger partial charge in [0.1, 0.15) is 11.3 Å². The maximum absolute atomic E-state index is 4.90. The van der Waals surface area contributed by atoms with E-state index >= 15 is 0 Å². The van der Waals surface area contributed by atoms with E-state index in [1.54, 1.807) is 11.3 Å². The van der Waals surface area contributed by atoms with Gasteiger partial charge in [0.05, 0.1) is 16.1 Å². The first kappa shape index (κ1) is 11.9. The van der Waals surface area contributed by atoms with Crippen molar-refractivity contribution in [3.05, 3.63) is 66.2 Å². The van der Waals surface area contributed by atoms with Crippen molar-refractivity contribution in [3.8, 4) is 10.6 Å². The van der Waals surface area contributed by atoms with Gasteiger partial charge in [-0.1, -0.05) is 24.3 Å². The Kier molecular flexibility index (Phi) is 2.37. The first-order chi connectivity index (χ1) is 10.9. The van der Waals surface area contributed by atoms with E-state index in [-0.39, 0.29) is 0 Å². The third-order valence-corrected chi connectivity index (χ3v) is 4.81. The summed E-state index contributed by atoms with van der Waals surface area (Å²) >= 11 is 1.71. The van der Waals surface area contributed by atoms with E-state index < -0.39 is 0 Å². The average Bonchev–Trinajstić information content (AvgIpc) is 3.21. The van der Waals surface area contributed by atoms with Crippen LogP contribution in [-0.2, 0) is 0 Å². The van der Waals surface area contributed by atoms with Crippen molar-refractivity contribution in [2.75, 3.05) is 0 Å². The molecule has 104 valence electrons. The van der Waals surface area contributed by atoms with Crippen LogP contribution >= 0.6 is 11.3 Å². The summed E-state index contributed by atoms with van der Waals surface area (Å²) in [4.78, 5) is 10.6. The second-order valence-electron chi connectivity index (χ2n) is 5.24. The lowest BCUT2D eigenvalue weighted by atomic mass is 10.2. The van der Waals surface area contributed by atoms with Crippen molar-refractivity contribution in [3.63, 3.8) is 0 Å². The van der Waals surface area contributed by atoms with Gasteiger partial charge in [0.15, 0.2) is 0 Å². The van der Waals surface area contributed by atoms with Gasteiger partial charge in [0.25, 0.3) is 0 Å². The predicted molar refractivity (Wildman–Crippen MR) is 91.3 cm³/mol. The number of fused-ring (bicyclic) bond motifs is 5.